The Morgan fingerprint density at radius 3 is 2.52 bits per heavy atom. The second-order valence-electron chi connectivity index (χ2n) is 6.41. The Labute approximate surface area is 166 Å². The molecule has 146 valence electrons. The molecular weight excluding hydrogens is 372 g/mol. The van der Waals surface area contributed by atoms with E-state index in [1.54, 1.807) is 47.0 Å². The van der Waals surface area contributed by atoms with Crippen molar-refractivity contribution in [1.82, 2.24) is 15.4 Å². The van der Waals surface area contributed by atoms with Gasteiger partial charge in [-0.3, -0.25) is 25.2 Å². The summed E-state index contributed by atoms with van der Waals surface area (Å²) in [5.41, 5.74) is 6.35. The Hall–Kier alpha value is -4.07. The van der Waals surface area contributed by atoms with E-state index in [0.29, 0.717) is 22.7 Å². The molecule has 0 radical (unpaired) electrons. The number of rotatable bonds is 4. The topological polar surface area (TPSA) is 101 Å². The van der Waals surface area contributed by atoms with Gasteiger partial charge in [-0.2, -0.15) is 0 Å². The first-order valence-electron chi connectivity index (χ1n) is 9.00. The van der Waals surface area contributed by atoms with E-state index in [1.807, 2.05) is 30.6 Å². The second-order valence-corrected chi connectivity index (χ2v) is 6.41. The van der Waals surface area contributed by atoms with Crippen LogP contribution in [0.25, 0.3) is 5.69 Å². The summed E-state index contributed by atoms with van der Waals surface area (Å²) in [4.78, 5) is 36.9. The van der Waals surface area contributed by atoms with Crippen molar-refractivity contribution in [2.45, 2.75) is 12.5 Å². The molecule has 2 aromatic carbocycles. The molecule has 0 spiro atoms. The molecule has 0 saturated heterocycles. The summed E-state index contributed by atoms with van der Waals surface area (Å²) in [6, 6.07) is 17.7. The molecule has 0 aliphatic carbocycles. The molecule has 1 aliphatic rings. The predicted octanol–water partition coefficient (Wildman–Crippen LogP) is 2.03. The summed E-state index contributed by atoms with van der Waals surface area (Å²) in [6.45, 7) is 0. The molecule has 0 saturated carbocycles. The Morgan fingerprint density at radius 1 is 0.966 bits per heavy atom. The molecule has 4 rings (SSSR count). The second kappa shape index (κ2) is 7.89. The summed E-state index contributed by atoms with van der Waals surface area (Å²) in [7, 11) is 0. The number of para-hydroxylation sites is 3. The van der Waals surface area contributed by atoms with Gasteiger partial charge in [0.1, 0.15) is 5.75 Å². The number of fused-ring (bicyclic) bond motifs is 1. The first kappa shape index (κ1) is 18.3. The van der Waals surface area contributed by atoms with Crippen LogP contribution in [-0.4, -0.2) is 28.4 Å². The zero-order chi connectivity index (χ0) is 20.2. The highest BCUT2D eigenvalue weighted by Crippen LogP contribution is 2.29. The lowest BCUT2D eigenvalue weighted by Gasteiger charge is -2.25. The van der Waals surface area contributed by atoms with Crippen LogP contribution in [0, 0.1) is 0 Å². The lowest BCUT2D eigenvalue weighted by molar-refractivity contribution is -0.130. The third kappa shape index (κ3) is 3.96. The van der Waals surface area contributed by atoms with Gasteiger partial charge in [0, 0.05) is 12.4 Å². The molecule has 3 aromatic rings. The fourth-order valence-corrected chi connectivity index (χ4v) is 3.03. The Bertz CT molecular complexity index is 1060. The minimum atomic E-state index is -0.978. The summed E-state index contributed by atoms with van der Waals surface area (Å²) >= 11 is 0. The molecule has 29 heavy (non-hydrogen) atoms. The first-order valence-corrected chi connectivity index (χ1v) is 9.00. The standard InChI is InChI=1S/C21H18N4O4/c26-19(13-18-21(28)22-15-8-2-4-10-17(15)29-18)23-24-20(27)14-7-1-3-9-16(14)25-11-5-6-12-25/h1-12,18H,13H2,(H,22,28)(H,23,26)(H,24,27)/t18-/m1/s1. The van der Waals surface area contributed by atoms with Crippen LogP contribution in [0.1, 0.15) is 16.8 Å². The fourth-order valence-electron chi connectivity index (χ4n) is 3.03. The van der Waals surface area contributed by atoms with Crippen LogP contribution >= 0.6 is 0 Å². The van der Waals surface area contributed by atoms with Crippen LogP contribution in [0.4, 0.5) is 5.69 Å². The fraction of sp³-hybridized carbons (Fsp3) is 0.0952. The third-order valence-electron chi connectivity index (χ3n) is 4.42. The average Bonchev–Trinajstić information content (AvgIpc) is 3.27. The van der Waals surface area contributed by atoms with Gasteiger partial charge < -0.3 is 14.6 Å². The number of aromatic nitrogens is 1. The average molecular weight is 390 g/mol. The van der Waals surface area contributed by atoms with Crippen molar-refractivity contribution in [2.75, 3.05) is 5.32 Å². The van der Waals surface area contributed by atoms with Crippen molar-refractivity contribution in [3.05, 3.63) is 78.6 Å². The highest BCUT2D eigenvalue weighted by atomic mass is 16.5. The van der Waals surface area contributed by atoms with E-state index in [1.165, 1.54) is 0 Å². The number of benzene rings is 2. The van der Waals surface area contributed by atoms with E-state index in [-0.39, 0.29) is 6.42 Å². The number of carbonyl (C=O) groups is 3. The van der Waals surface area contributed by atoms with Crippen LogP contribution in [0.3, 0.4) is 0 Å². The molecule has 3 N–H and O–H groups in total. The third-order valence-corrected chi connectivity index (χ3v) is 4.42. The number of hydrazine groups is 1. The zero-order valence-corrected chi connectivity index (χ0v) is 15.3. The van der Waals surface area contributed by atoms with Gasteiger partial charge in [0.25, 0.3) is 11.8 Å². The van der Waals surface area contributed by atoms with E-state index in [4.69, 9.17) is 4.74 Å². The maximum absolute atomic E-state index is 12.5. The van der Waals surface area contributed by atoms with Gasteiger partial charge in [-0.15, -0.1) is 0 Å². The largest absolute Gasteiger partial charge is 0.478 e. The van der Waals surface area contributed by atoms with Gasteiger partial charge in [0.05, 0.1) is 23.4 Å². The number of anilines is 1. The van der Waals surface area contributed by atoms with Crippen molar-refractivity contribution in [1.29, 1.82) is 0 Å². The molecule has 1 atom stereocenters. The first-order chi connectivity index (χ1) is 14.1. The summed E-state index contributed by atoms with van der Waals surface area (Å²) in [5.74, 6) is -0.934. The van der Waals surface area contributed by atoms with Crippen LogP contribution in [0.15, 0.2) is 73.1 Å². The van der Waals surface area contributed by atoms with E-state index in [2.05, 4.69) is 16.2 Å². The SMILES string of the molecule is O=C(C[C@H]1Oc2ccccc2NC1=O)NNC(=O)c1ccccc1-n1cccc1. The molecule has 0 fully saturated rings. The maximum atomic E-state index is 12.5. The number of amides is 3. The monoisotopic (exact) mass is 390 g/mol. The highest BCUT2D eigenvalue weighted by molar-refractivity contribution is 6.01. The van der Waals surface area contributed by atoms with Crippen molar-refractivity contribution >= 4 is 23.4 Å². The minimum absolute atomic E-state index is 0.236. The quantitative estimate of drug-likeness (QED) is 0.593. The molecule has 8 nitrogen and oxygen atoms in total. The van der Waals surface area contributed by atoms with Gasteiger partial charge in [-0.25, -0.2) is 0 Å². The van der Waals surface area contributed by atoms with E-state index >= 15 is 0 Å². The Kier molecular flexibility index (Phi) is 4.98. The molecule has 0 unspecified atom stereocenters. The van der Waals surface area contributed by atoms with Crippen LogP contribution in [0.2, 0.25) is 0 Å². The van der Waals surface area contributed by atoms with Crippen LogP contribution in [-0.2, 0) is 9.59 Å². The number of nitrogens with one attached hydrogen (secondary N) is 3. The zero-order valence-electron chi connectivity index (χ0n) is 15.3. The van der Waals surface area contributed by atoms with E-state index < -0.39 is 23.8 Å². The van der Waals surface area contributed by atoms with E-state index in [9.17, 15) is 14.4 Å². The van der Waals surface area contributed by atoms with Gasteiger partial charge in [-0.1, -0.05) is 24.3 Å². The van der Waals surface area contributed by atoms with Crippen LogP contribution < -0.4 is 20.9 Å². The van der Waals surface area contributed by atoms with Crippen molar-refractivity contribution in [3.63, 3.8) is 0 Å². The number of nitrogens with zero attached hydrogens (tertiary/aromatic N) is 1. The number of carbonyl (C=O) groups excluding carboxylic acids is 3. The van der Waals surface area contributed by atoms with E-state index in [0.717, 1.165) is 0 Å². The Morgan fingerprint density at radius 2 is 1.69 bits per heavy atom. The number of ether oxygens (including phenoxy) is 1. The normalized spacial score (nSPS) is 14.9. The predicted molar refractivity (Wildman–Crippen MR) is 105 cm³/mol. The maximum Gasteiger partial charge on any atom is 0.271 e. The van der Waals surface area contributed by atoms with Crippen molar-refractivity contribution in [2.24, 2.45) is 0 Å². The number of hydrogen-bond donors (Lipinski definition) is 3. The van der Waals surface area contributed by atoms with Gasteiger partial charge in [0.15, 0.2) is 6.10 Å². The summed E-state index contributed by atoms with van der Waals surface area (Å²) < 4.78 is 7.39. The smallest absolute Gasteiger partial charge is 0.271 e. The molecular formula is C21H18N4O4. The van der Waals surface area contributed by atoms with Gasteiger partial charge >= 0.3 is 0 Å². The summed E-state index contributed by atoms with van der Waals surface area (Å²) in [5, 5.41) is 2.70. The molecule has 3 amide bonds. The molecule has 0 bridgehead atoms. The Balaban J connectivity index is 1.37. The molecule has 1 aliphatic heterocycles. The van der Waals surface area contributed by atoms with Gasteiger partial charge in [0.2, 0.25) is 5.91 Å². The highest BCUT2D eigenvalue weighted by Gasteiger charge is 2.29. The minimum Gasteiger partial charge on any atom is -0.478 e. The molecule has 8 heteroatoms. The lowest BCUT2D eigenvalue weighted by Crippen LogP contribution is -2.46. The number of hydrogen-bond acceptors (Lipinski definition) is 4. The molecule has 2 heterocycles. The van der Waals surface area contributed by atoms with Crippen LogP contribution in [0.5, 0.6) is 5.75 Å². The molecule has 1 aromatic heterocycles. The van der Waals surface area contributed by atoms with Gasteiger partial charge in [-0.05, 0) is 36.4 Å². The van der Waals surface area contributed by atoms with Crippen molar-refractivity contribution in [3.8, 4) is 11.4 Å². The van der Waals surface area contributed by atoms with Crippen molar-refractivity contribution < 1.29 is 19.1 Å². The summed E-state index contributed by atoms with van der Waals surface area (Å²) in [6.07, 6.45) is 2.43. The lowest BCUT2D eigenvalue weighted by atomic mass is 10.1.